The van der Waals surface area contributed by atoms with Crippen molar-refractivity contribution in [1.29, 1.82) is 0 Å². The summed E-state index contributed by atoms with van der Waals surface area (Å²) in [4.78, 5) is 12.1. The van der Waals surface area contributed by atoms with Gasteiger partial charge < -0.3 is 10.1 Å². The van der Waals surface area contributed by atoms with E-state index in [4.69, 9.17) is 4.74 Å². The molecule has 1 saturated carbocycles. The SMILES string of the molecule is CC(COc1ccccc1)NC(=O)C1CCCCC1. The maximum atomic E-state index is 12.1. The number of amides is 1. The van der Waals surface area contributed by atoms with E-state index in [2.05, 4.69) is 5.32 Å². The van der Waals surface area contributed by atoms with Crippen LogP contribution in [0.3, 0.4) is 0 Å². The van der Waals surface area contributed by atoms with Crippen molar-refractivity contribution in [2.45, 2.75) is 45.1 Å². The van der Waals surface area contributed by atoms with Crippen molar-refractivity contribution in [2.75, 3.05) is 6.61 Å². The van der Waals surface area contributed by atoms with E-state index in [0.29, 0.717) is 6.61 Å². The lowest BCUT2D eigenvalue weighted by Crippen LogP contribution is -2.40. The molecule has 0 bridgehead atoms. The van der Waals surface area contributed by atoms with E-state index in [1.807, 2.05) is 37.3 Å². The van der Waals surface area contributed by atoms with Gasteiger partial charge in [0.2, 0.25) is 5.91 Å². The minimum atomic E-state index is 0.0506. The van der Waals surface area contributed by atoms with E-state index in [1.165, 1.54) is 19.3 Å². The number of carbonyl (C=O) groups excluding carboxylic acids is 1. The Hall–Kier alpha value is -1.51. The number of carbonyl (C=O) groups is 1. The highest BCUT2D eigenvalue weighted by atomic mass is 16.5. The molecular formula is C16H23NO2. The fourth-order valence-electron chi connectivity index (χ4n) is 2.51. The molecule has 0 spiro atoms. The van der Waals surface area contributed by atoms with Crippen molar-refractivity contribution in [1.82, 2.24) is 5.32 Å². The zero-order chi connectivity index (χ0) is 13.5. The summed E-state index contributed by atoms with van der Waals surface area (Å²) in [7, 11) is 0. The van der Waals surface area contributed by atoms with Crippen molar-refractivity contribution >= 4 is 5.91 Å². The fourth-order valence-corrected chi connectivity index (χ4v) is 2.51. The van der Waals surface area contributed by atoms with Crippen LogP contribution < -0.4 is 10.1 Å². The Labute approximate surface area is 115 Å². The molecule has 0 aromatic heterocycles. The molecule has 1 N–H and O–H groups in total. The van der Waals surface area contributed by atoms with Crippen molar-refractivity contribution < 1.29 is 9.53 Å². The van der Waals surface area contributed by atoms with E-state index in [-0.39, 0.29) is 17.9 Å². The lowest BCUT2D eigenvalue weighted by molar-refractivity contribution is -0.126. The van der Waals surface area contributed by atoms with Gasteiger partial charge in [-0.05, 0) is 31.9 Å². The Bertz CT molecular complexity index is 385. The van der Waals surface area contributed by atoms with Crippen LogP contribution in [0.5, 0.6) is 5.75 Å². The van der Waals surface area contributed by atoms with Crippen LogP contribution in [0, 0.1) is 5.92 Å². The Kier molecular flexibility index (Phi) is 5.25. The first kappa shape index (κ1) is 13.9. The van der Waals surface area contributed by atoms with Crippen molar-refractivity contribution in [3.63, 3.8) is 0 Å². The number of benzene rings is 1. The van der Waals surface area contributed by atoms with Gasteiger partial charge in [0.1, 0.15) is 12.4 Å². The summed E-state index contributed by atoms with van der Waals surface area (Å²) in [5, 5.41) is 3.06. The summed E-state index contributed by atoms with van der Waals surface area (Å²) in [6.07, 6.45) is 5.73. The van der Waals surface area contributed by atoms with Crippen LogP contribution in [-0.4, -0.2) is 18.6 Å². The van der Waals surface area contributed by atoms with Gasteiger partial charge in [0, 0.05) is 5.92 Å². The summed E-state index contributed by atoms with van der Waals surface area (Å²) in [5.41, 5.74) is 0. The van der Waals surface area contributed by atoms with Gasteiger partial charge in [0.05, 0.1) is 6.04 Å². The van der Waals surface area contributed by atoms with Crippen LogP contribution >= 0.6 is 0 Å². The number of nitrogens with one attached hydrogen (secondary N) is 1. The molecule has 3 heteroatoms. The molecule has 1 amide bonds. The normalized spacial score (nSPS) is 17.7. The molecule has 104 valence electrons. The minimum Gasteiger partial charge on any atom is -0.491 e. The number of para-hydroxylation sites is 1. The molecule has 3 nitrogen and oxygen atoms in total. The summed E-state index contributed by atoms with van der Waals surface area (Å²) in [6, 6.07) is 9.75. The Morgan fingerprint density at radius 2 is 1.95 bits per heavy atom. The maximum Gasteiger partial charge on any atom is 0.223 e. The molecule has 0 heterocycles. The molecule has 0 aliphatic heterocycles. The summed E-state index contributed by atoms with van der Waals surface area (Å²) in [6.45, 7) is 2.51. The third-order valence-corrected chi connectivity index (χ3v) is 3.61. The zero-order valence-electron chi connectivity index (χ0n) is 11.6. The van der Waals surface area contributed by atoms with Gasteiger partial charge in [0.15, 0.2) is 0 Å². The first-order chi connectivity index (χ1) is 9.25. The predicted octanol–water partition coefficient (Wildman–Crippen LogP) is 3.15. The third-order valence-electron chi connectivity index (χ3n) is 3.61. The molecule has 1 aromatic rings. The van der Waals surface area contributed by atoms with Gasteiger partial charge in [-0.3, -0.25) is 4.79 Å². The monoisotopic (exact) mass is 261 g/mol. The Morgan fingerprint density at radius 1 is 1.26 bits per heavy atom. The molecule has 1 fully saturated rings. The van der Waals surface area contributed by atoms with Crippen LogP contribution in [0.1, 0.15) is 39.0 Å². The van der Waals surface area contributed by atoms with Crippen LogP contribution in [0.25, 0.3) is 0 Å². The molecule has 1 unspecified atom stereocenters. The smallest absolute Gasteiger partial charge is 0.223 e. The number of ether oxygens (including phenoxy) is 1. The van der Waals surface area contributed by atoms with Crippen LogP contribution in [0.2, 0.25) is 0 Å². The predicted molar refractivity (Wildman–Crippen MR) is 76.1 cm³/mol. The van der Waals surface area contributed by atoms with E-state index in [1.54, 1.807) is 0 Å². The zero-order valence-corrected chi connectivity index (χ0v) is 11.6. The van der Waals surface area contributed by atoms with Crippen molar-refractivity contribution in [2.24, 2.45) is 5.92 Å². The molecule has 1 aliphatic rings. The molecule has 0 radical (unpaired) electrons. The molecule has 1 aliphatic carbocycles. The first-order valence-electron chi connectivity index (χ1n) is 7.24. The fraction of sp³-hybridized carbons (Fsp3) is 0.562. The molecule has 2 rings (SSSR count). The summed E-state index contributed by atoms with van der Waals surface area (Å²) >= 11 is 0. The Morgan fingerprint density at radius 3 is 2.63 bits per heavy atom. The average molecular weight is 261 g/mol. The first-order valence-corrected chi connectivity index (χ1v) is 7.24. The highest BCUT2D eigenvalue weighted by Gasteiger charge is 2.22. The minimum absolute atomic E-state index is 0.0506. The van der Waals surface area contributed by atoms with Gasteiger partial charge in [-0.1, -0.05) is 37.5 Å². The van der Waals surface area contributed by atoms with E-state index < -0.39 is 0 Å². The van der Waals surface area contributed by atoms with Gasteiger partial charge >= 0.3 is 0 Å². The van der Waals surface area contributed by atoms with Crippen LogP contribution in [0.4, 0.5) is 0 Å². The number of hydrogen-bond donors (Lipinski definition) is 1. The van der Waals surface area contributed by atoms with Gasteiger partial charge in [-0.25, -0.2) is 0 Å². The second-order valence-corrected chi connectivity index (χ2v) is 5.37. The molecule has 1 aromatic carbocycles. The third kappa shape index (κ3) is 4.58. The number of rotatable bonds is 5. The van der Waals surface area contributed by atoms with Gasteiger partial charge in [0.25, 0.3) is 0 Å². The van der Waals surface area contributed by atoms with Crippen molar-refractivity contribution in [3.05, 3.63) is 30.3 Å². The summed E-state index contributed by atoms with van der Waals surface area (Å²) in [5.74, 6) is 1.26. The lowest BCUT2D eigenvalue weighted by atomic mass is 9.88. The second-order valence-electron chi connectivity index (χ2n) is 5.37. The highest BCUT2D eigenvalue weighted by Crippen LogP contribution is 2.23. The standard InChI is InChI=1S/C16H23NO2/c1-13(12-19-15-10-6-3-7-11-15)17-16(18)14-8-4-2-5-9-14/h3,6-7,10-11,13-14H,2,4-5,8-9,12H2,1H3,(H,17,18). The van der Waals surface area contributed by atoms with E-state index in [9.17, 15) is 4.79 Å². The van der Waals surface area contributed by atoms with Crippen LogP contribution in [-0.2, 0) is 4.79 Å². The maximum absolute atomic E-state index is 12.1. The van der Waals surface area contributed by atoms with E-state index in [0.717, 1.165) is 18.6 Å². The van der Waals surface area contributed by atoms with Gasteiger partial charge in [-0.15, -0.1) is 0 Å². The van der Waals surface area contributed by atoms with Gasteiger partial charge in [-0.2, -0.15) is 0 Å². The Balaban J connectivity index is 1.71. The molecule has 0 saturated heterocycles. The summed E-state index contributed by atoms with van der Waals surface area (Å²) < 4.78 is 5.64. The topological polar surface area (TPSA) is 38.3 Å². The quantitative estimate of drug-likeness (QED) is 0.884. The van der Waals surface area contributed by atoms with E-state index >= 15 is 0 Å². The van der Waals surface area contributed by atoms with Crippen molar-refractivity contribution in [3.8, 4) is 5.75 Å². The molecule has 19 heavy (non-hydrogen) atoms. The molecule has 1 atom stereocenters. The molecular weight excluding hydrogens is 238 g/mol. The van der Waals surface area contributed by atoms with Crippen LogP contribution in [0.15, 0.2) is 30.3 Å². The average Bonchev–Trinajstić information content (AvgIpc) is 2.47. The highest BCUT2D eigenvalue weighted by molar-refractivity contribution is 5.78. The second kappa shape index (κ2) is 7.17. The largest absolute Gasteiger partial charge is 0.491 e. The lowest BCUT2D eigenvalue weighted by Gasteiger charge is -2.23. The number of hydrogen-bond acceptors (Lipinski definition) is 2.